The zero-order valence-corrected chi connectivity index (χ0v) is 13.3. The van der Waals surface area contributed by atoms with Crippen LogP contribution in [0.2, 0.25) is 0 Å². The highest BCUT2D eigenvalue weighted by atomic mass is 16.6. The number of hydrogen-bond donors (Lipinski definition) is 2. The van der Waals surface area contributed by atoms with Gasteiger partial charge in [-0.05, 0) is 31.4 Å². The summed E-state index contributed by atoms with van der Waals surface area (Å²) < 4.78 is 17.6. The summed E-state index contributed by atoms with van der Waals surface area (Å²) in [7, 11) is 1.79. The molecule has 0 amide bonds. The maximum atomic E-state index is 5.95. The van der Waals surface area contributed by atoms with E-state index in [1.165, 1.54) is 6.42 Å². The average Bonchev–Trinajstić information content (AvgIpc) is 3.21. The summed E-state index contributed by atoms with van der Waals surface area (Å²) in [5, 5.41) is 6.81. The summed E-state index contributed by atoms with van der Waals surface area (Å²) in [6.07, 6.45) is 4.15. The minimum Gasteiger partial charge on any atom is -0.486 e. The van der Waals surface area contributed by atoms with Crippen LogP contribution in [0.1, 0.15) is 19.3 Å². The highest BCUT2D eigenvalue weighted by molar-refractivity contribution is 5.80. The number of rotatable bonds is 3. The van der Waals surface area contributed by atoms with E-state index in [4.69, 9.17) is 14.2 Å². The van der Waals surface area contributed by atoms with Crippen molar-refractivity contribution >= 4 is 5.96 Å². The van der Waals surface area contributed by atoms with Gasteiger partial charge in [0, 0.05) is 7.05 Å². The van der Waals surface area contributed by atoms with Crippen LogP contribution in [0, 0.1) is 0 Å². The van der Waals surface area contributed by atoms with E-state index in [0.717, 1.165) is 30.3 Å². The lowest BCUT2D eigenvalue weighted by atomic mass is 9.96. The zero-order valence-electron chi connectivity index (χ0n) is 13.3. The van der Waals surface area contributed by atoms with Crippen LogP contribution in [-0.4, -0.2) is 50.5 Å². The molecule has 0 radical (unpaired) electrons. The van der Waals surface area contributed by atoms with Gasteiger partial charge in [0.05, 0.1) is 24.8 Å². The Balaban J connectivity index is 1.28. The van der Waals surface area contributed by atoms with E-state index in [0.29, 0.717) is 31.4 Å². The van der Waals surface area contributed by atoms with Crippen molar-refractivity contribution in [2.75, 3.05) is 20.2 Å². The first-order chi connectivity index (χ1) is 11.3. The second kappa shape index (κ2) is 6.28. The Morgan fingerprint density at radius 2 is 2.13 bits per heavy atom. The lowest BCUT2D eigenvalue weighted by Crippen LogP contribution is -2.50. The standard InChI is InChI=1S/C17H23N3O3/c1-18-17(20-13-8-11-6-7-14(13)22-11)19-9-12-10-21-15-4-2-3-5-16(15)23-12/h2-5,11-14H,6-10H2,1H3,(H2,18,19,20). The largest absolute Gasteiger partial charge is 0.486 e. The van der Waals surface area contributed by atoms with Gasteiger partial charge in [-0.25, -0.2) is 0 Å². The minimum absolute atomic E-state index is 0.0280. The smallest absolute Gasteiger partial charge is 0.191 e. The second-order valence-corrected chi connectivity index (χ2v) is 6.31. The van der Waals surface area contributed by atoms with Crippen molar-refractivity contribution in [1.82, 2.24) is 10.6 Å². The monoisotopic (exact) mass is 317 g/mol. The first-order valence-corrected chi connectivity index (χ1v) is 8.33. The Morgan fingerprint density at radius 1 is 1.26 bits per heavy atom. The molecular formula is C17H23N3O3. The Kier molecular flexibility index (Phi) is 3.99. The highest BCUT2D eigenvalue weighted by Gasteiger charge is 2.41. The van der Waals surface area contributed by atoms with E-state index >= 15 is 0 Å². The molecule has 4 atom stereocenters. The number of fused-ring (bicyclic) bond motifs is 3. The summed E-state index contributed by atoms with van der Waals surface area (Å²) in [4.78, 5) is 4.31. The van der Waals surface area contributed by atoms with Gasteiger partial charge < -0.3 is 24.8 Å². The predicted molar refractivity (Wildman–Crippen MR) is 87.2 cm³/mol. The molecule has 3 aliphatic rings. The predicted octanol–water partition coefficient (Wildman–Crippen LogP) is 1.31. The molecule has 0 aromatic heterocycles. The molecule has 3 aliphatic heterocycles. The van der Waals surface area contributed by atoms with Gasteiger partial charge in [-0.2, -0.15) is 0 Å². The quantitative estimate of drug-likeness (QED) is 0.650. The number of nitrogens with one attached hydrogen (secondary N) is 2. The molecule has 2 N–H and O–H groups in total. The van der Waals surface area contributed by atoms with Crippen molar-refractivity contribution in [2.45, 2.75) is 43.6 Å². The molecule has 23 heavy (non-hydrogen) atoms. The number of guanidine groups is 1. The van der Waals surface area contributed by atoms with Crippen LogP contribution in [0.3, 0.4) is 0 Å². The van der Waals surface area contributed by atoms with Crippen molar-refractivity contribution < 1.29 is 14.2 Å². The minimum atomic E-state index is -0.0280. The van der Waals surface area contributed by atoms with Crippen LogP contribution >= 0.6 is 0 Å². The molecule has 4 unspecified atom stereocenters. The molecule has 1 aromatic carbocycles. The normalized spacial score (nSPS) is 32.0. The van der Waals surface area contributed by atoms with Gasteiger partial charge in [0.15, 0.2) is 17.5 Å². The molecule has 6 nitrogen and oxygen atoms in total. The number of ether oxygens (including phenoxy) is 3. The summed E-state index contributed by atoms with van der Waals surface area (Å²) in [6, 6.07) is 8.12. The van der Waals surface area contributed by atoms with E-state index in [1.54, 1.807) is 7.05 Å². The van der Waals surface area contributed by atoms with Crippen LogP contribution in [-0.2, 0) is 4.74 Å². The van der Waals surface area contributed by atoms with E-state index in [2.05, 4.69) is 15.6 Å². The summed E-state index contributed by atoms with van der Waals surface area (Å²) in [5.41, 5.74) is 0. The van der Waals surface area contributed by atoms with Crippen molar-refractivity contribution in [3.05, 3.63) is 24.3 Å². The van der Waals surface area contributed by atoms with Crippen LogP contribution in [0.4, 0.5) is 0 Å². The fourth-order valence-corrected chi connectivity index (χ4v) is 3.53. The van der Waals surface area contributed by atoms with Crippen LogP contribution in [0.15, 0.2) is 29.3 Å². The molecule has 3 heterocycles. The Hall–Kier alpha value is -1.95. The molecule has 0 saturated carbocycles. The number of nitrogens with zero attached hydrogens (tertiary/aromatic N) is 1. The summed E-state index contributed by atoms with van der Waals surface area (Å²) >= 11 is 0. The zero-order chi connectivity index (χ0) is 15.6. The Bertz CT molecular complexity index is 592. The average molecular weight is 317 g/mol. The Morgan fingerprint density at radius 3 is 2.87 bits per heavy atom. The van der Waals surface area contributed by atoms with E-state index in [-0.39, 0.29) is 6.10 Å². The van der Waals surface area contributed by atoms with Gasteiger partial charge in [-0.15, -0.1) is 0 Å². The molecule has 2 bridgehead atoms. The molecule has 0 aliphatic carbocycles. The summed E-state index contributed by atoms with van der Waals surface area (Å²) in [5.74, 6) is 2.41. The van der Waals surface area contributed by atoms with Gasteiger partial charge in [0.1, 0.15) is 12.7 Å². The lowest BCUT2D eigenvalue weighted by Gasteiger charge is -2.28. The third-order valence-corrected chi connectivity index (χ3v) is 4.72. The van der Waals surface area contributed by atoms with Gasteiger partial charge in [0.2, 0.25) is 0 Å². The molecule has 1 aromatic rings. The second-order valence-electron chi connectivity index (χ2n) is 6.31. The third-order valence-electron chi connectivity index (χ3n) is 4.72. The maximum absolute atomic E-state index is 5.95. The first kappa shape index (κ1) is 14.6. The van der Waals surface area contributed by atoms with Crippen molar-refractivity contribution in [3.8, 4) is 11.5 Å². The lowest BCUT2D eigenvalue weighted by molar-refractivity contribution is 0.0930. The highest BCUT2D eigenvalue weighted by Crippen LogP contribution is 2.34. The van der Waals surface area contributed by atoms with Crippen LogP contribution in [0.25, 0.3) is 0 Å². The fourth-order valence-electron chi connectivity index (χ4n) is 3.53. The number of aliphatic imine (C=N–C) groups is 1. The van der Waals surface area contributed by atoms with Crippen LogP contribution in [0.5, 0.6) is 11.5 Å². The topological polar surface area (TPSA) is 64.1 Å². The van der Waals surface area contributed by atoms with Crippen LogP contribution < -0.4 is 20.1 Å². The number of para-hydroxylation sites is 2. The van der Waals surface area contributed by atoms with E-state index < -0.39 is 0 Å². The van der Waals surface area contributed by atoms with Gasteiger partial charge in [-0.3, -0.25) is 4.99 Å². The maximum Gasteiger partial charge on any atom is 0.191 e. The fraction of sp³-hybridized carbons (Fsp3) is 0.588. The molecule has 6 heteroatoms. The SMILES string of the molecule is CN=C(NCC1COc2ccccc2O1)NC1CC2CCC1O2. The van der Waals surface area contributed by atoms with Crippen molar-refractivity contribution in [2.24, 2.45) is 4.99 Å². The number of hydrogen-bond acceptors (Lipinski definition) is 4. The third kappa shape index (κ3) is 3.08. The molecule has 2 saturated heterocycles. The van der Waals surface area contributed by atoms with Gasteiger partial charge in [-0.1, -0.05) is 12.1 Å². The van der Waals surface area contributed by atoms with E-state index in [1.807, 2.05) is 24.3 Å². The molecule has 124 valence electrons. The molecular weight excluding hydrogens is 294 g/mol. The van der Waals surface area contributed by atoms with Crippen molar-refractivity contribution in [3.63, 3.8) is 0 Å². The number of benzene rings is 1. The van der Waals surface area contributed by atoms with Gasteiger partial charge in [0.25, 0.3) is 0 Å². The van der Waals surface area contributed by atoms with E-state index in [9.17, 15) is 0 Å². The molecule has 0 spiro atoms. The summed E-state index contributed by atoms with van der Waals surface area (Å²) in [6.45, 7) is 1.19. The van der Waals surface area contributed by atoms with Gasteiger partial charge >= 0.3 is 0 Å². The molecule has 4 rings (SSSR count). The first-order valence-electron chi connectivity index (χ1n) is 8.33. The van der Waals surface area contributed by atoms with Crippen molar-refractivity contribution in [1.29, 1.82) is 0 Å². The molecule has 2 fully saturated rings. The Labute approximate surface area is 136 Å².